The first kappa shape index (κ1) is 24.2. The molecule has 5 heteroatoms. The minimum atomic E-state index is 0. The van der Waals surface area contributed by atoms with Crippen LogP contribution in [0.1, 0.15) is 50.7 Å². The van der Waals surface area contributed by atoms with Crippen molar-refractivity contribution in [2.24, 2.45) is 4.99 Å². The van der Waals surface area contributed by atoms with Gasteiger partial charge < -0.3 is 15.5 Å². The lowest BCUT2D eigenvalue weighted by molar-refractivity contribution is 0.297. The molecule has 0 amide bonds. The normalized spacial score (nSPS) is 12.6. The van der Waals surface area contributed by atoms with Crippen LogP contribution in [0.15, 0.2) is 29.3 Å². The summed E-state index contributed by atoms with van der Waals surface area (Å²) in [6.45, 7) is 14.2. The van der Waals surface area contributed by atoms with Crippen molar-refractivity contribution in [3.63, 3.8) is 0 Å². The number of guanidine groups is 1. The van der Waals surface area contributed by atoms with Crippen molar-refractivity contribution in [2.75, 3.05) is 39.8 Å². The Hall–Kier alpha value is -0.820. The van der Waals surface area contributed by atoms with Crippen LogP contribution >= 0.6 is 24.0 Å². The Morgan fingerprint density at radius 1 is 1.16 bits per heavy atom. The van der Waals surface area contributed by atoms with Crippen LogP contribution in [-0.4, -0.2) is 50.6 Å². The Labute approximate surface area is 171 Å². The molecule has 0 aliphatic rings. The molecular weight excluding hydrogens is 423 g/mol. The van der Waals surface area contributed by atoms with Gasteiger partial charge in [-0.05, 0) is 50.9 Å². The third kappa shape index (κ3) is 10.0. The number of rotatable bonds is 10. The van der Waals surface area contributed by atoms with Crippen molar-refractivity contribution < 1.29 is 0 Å². The van der Waals surface area contributed by atoms with E-state index in [0.29, 0.717) is 5.92 Å². The van der Waals surface area contributed by atoms with Crippen LogP contribution in [-0.2, 0) is 0 Å². The summed E-state index contributed by atoms with van der Waals surface area (Å²) in [5.41, 5.74) is 2.69. The molecule has 2 N–H and O–H groups in total. The minimum Gasteiger partial charge on any atom is -0.356 e. The molecule has 1 aromatic carbocycles. The number of aliphatic imine (C=N–C) groups is 1. The van der Waals surface area contributed by atoms with Crippen molar-refractivity contribution in [2.45, 2.75) is 46.5 Å². The zero-order valence-corrected chi connectivity index (χ0v) is 19.0. The molecule has 1 atom stereocenters. The summed E-state index contributed by atoms with van der Waals surface area (Å²) in [7, 11) is 1.84. The quantitative estimate of drug-likeness (QED) is 0.240. The molecule has 0 saturated heterocycles. The molecule has 0 aromatic heterocycles. The fraction of sp³-hybridized carbons (Fsp3) is 0.650. The van der Waals surface area contributed by atoms with Gasteiger partial charge in [-0.15, -0.1) is 24.0 Å². The molecule has 144 valence electrons. The molecule has 25 heavy (non-hydrogen) atoms. The molecule has 0 saturated carbocycles. The highest BCUT2D eigenvalue weighted by atomic mass is 127. The highest BCUT2D eigenvalue weighted by molar-refractivity contribution is 14.0. The second kappa shape index (κ2) is 14.4. The lowest BCUT2D eigenvalue weighted by atomic mass is 9.99. The number of unbranched alkanes of at least 4 members (excludes halogenated alkanes) is 1. The highest BCUT2D eigenvalue weighted by Gasteiger charge is 2.07. The molecule has 1 unspecified atom stereocenters. The first-order valence-electron chi connectivity index (χ1n) is 9.34. The Bertz CT molecular complexity index is 486. The first-order valence-corrected chi connectivity index (χ1v) is 9.34. The molecule has 0 aliphatic carbocycles. The molecule has 0 aliphatic heterocycles. The topological polar surface area (TPSA) is 39.7 Å². The minimum absolute atomic E-state index is 0. The number of hydrogen-bond donors (Lipinski definition) is 2. The van der Waals surface area contributed by atoms with Crippen molar-refractivity contribution in [1.29, 1.82) is 0 Å². The van der Waals surface area contributed by atoms with Gasteiger partial charge in [0.25, 0.3) is 0 Å². The summed E-state index contributed by atoms with van der Waals surface area (Å²) >= 11 is 0. The second-order valence-corrected chi connectivity index (χ2v) is 6.43. The zero-order valence-electron chi connectivity index (χ0n) is 16.6. The number of nitrogens with one attached hydrogen (secondary N) is 2. The maximum atomic E-state index is 4.32. The predicted molar refractivity (Wildman–Crippen MR) is 121 cm³/mol. The summed E-state index contributed by atoms with van der Waals surface area (Å²) in [6, 6.07) is 8.73. The fourth-order valence-corrected chi connectivity index (χ4v) is 2.77. The summed E-state index contributed by atoms with van der Waals surface area (Å²) in [5.74, 6) is 1.36. The van der Waals surface area contributed by atoms with E-state index in [4.69, 9.17) is 0 Å². The number of aryl methyl sites for hydroxylation is 1. The number of halogens is 1. The van der Waals surface area contributed by atoms with E-state index in [1.54, 1.807) is 0 Å². The fourth-order valence-electron chi connectivity index (χ4n) is 2.77. The summed E-state index contributed by atoms with van der Waals surface area (Å²) in [6.07, 6.45) is 2.40. The van der Waals surface area contributed by atoms with Gasteiger partial charge in [-0.3, -0.25) is 4.99 Å². The number of nitrogens with zero attached hydrogens (tertiary/aromatic N) is 2. The molecule has 4 nitrogen and oxygen atoms in total. The van der Waals surface area contributed by atoms with Gasteiger partial charge >= 0.3 is 0 Å². The van der Waals surface area contributed by atoms with Gasteiger partial charge in [0.1, 0.15) is 0 Å². The number of hydrogen-bond acceptors (Lipinski definition) is 2. The third-order valence-electron chi connectivity index (χ3n) is 4.50. The lowest BCUT2D eigenvalue weighted by Crippen LogP contribution is -2.39. The summed E-state index contributed by atoms with van der Waals surface area (Å²) in [5, 5.41) is 6.86. The summed E-state index contributed by atoms with van der Waals surface area (Å²) in [4.78, 5) is 6.79. The average molecular weight is 460 g/mol. The molecule has 0 bridgehead atoms. The van der Waals surface area contributed by atoms with Crippen molar-refractivity contribution >= 4 is 29.9 Å². The largest absolute Gasteiger partial charge is 0.356 e. The van der Waals surface area contributed by atoms with Crippen molar-refractivity contribution in [3.05, 3.63) is 35.4 Å². The van der Waals surface area contributed by atoms with Crippen LogP contribution in [0.3, 0.4) is 0 Å². The zero-order chi connectivity index (χ0) is 17.8. The SMILES string of the molecule is CCN(CC)CCCCNC(=NC)NCC(C)c1cccc(C)c1.I. The molecule has 0 spiro atoms. The molecule has 0 fully saturated rings. The van der Waals surface area contributed by atoms with Gasteiger partial charge in [0.2, 0.25) is 0 Å². The predicted octanol–water partition coefficient (Wildman–Crippen LogP) is 4.00. The molecule has 1 rings (SSSR count). The first-order chi connectivity index (χ1) is 11.6. The summed E-state index contributed by atoms with van der Waals surface area (Å²) < 4.78 is 0. The van der Waals surface area contributed by atoms with Crippen LogP contribution in [0.5, 0.6) is 0 Å². The van der Waals surface area contributed by atoms with Gasteiger partial charge in [-0.2, -0.15) is 0 Å². The Kier molecular flexibility index (Phi) is 13.9. The van der Waals surface area contributed by atoms with Gasteiger partial charge in [0.05, 0.1) is 0 Å². The Morgan fingerprint density at radius 2 is 1.88 bits per heavy atom. The van der Waals surface area contributed by atoms with E-state index in [1.807, 2.05) is 7.05 Å². The van der Waals surface area contributed by atoms with Crippen LogP contribution < -0.4 is 10.6 Å². The van der Waals surface area contributed by atoms with Crippen LogP contribution in [0.25, 0.3) is 0 Å². The molecule has 0 radical (unpaired) electrons. The maximum absolute atomic E-state index is 4.32. The van der Waals surface area contributed by atoms with Gasteiger partial charge in [-0.1, -0.05) is 50.6 Å². The van der Waals surface area contributed by atoms with Crippen LogP contribution in [0.2, 0.25) is 0 Å². The lowest BCUT2D eigenvalue weighted by Gasteiger charge is -2.18. The Balaban J connectivity index is 0.00000576. The molecule has 1 aromatic rings. The average Bonchev–Trinajstić information content (AvgIpc) is 2.60. The van der Waals surface area contributed by atoms with E-state index in [-0.39, 0.29) is 24.0 Å². The van der Waals surface area contributed by atoms with E-state index in [0.717, 1.165) is 32.1 Å². The maximum Gasteiger partial charge on any atom is 0.190 e. The van der Waals surface area contributed by atoms with E-state index in [2.05, 4.69) is 72.5 Å². The van der Waals surface area contributed by atoms with Crippen LogP contribution in [0, 0.1) is 6.92 Å². The van der Waals surface area contributed by atoms with Gasteiger partial charge in [0.15, 0.2) is 5.96 Å². The van der Waals surface area contributed by atoms with E-state index in [1.165, 1.54) is 30.5 Å². The Morgan fingerprint density at radius 3 is 2.48 bits per heavy atom. The van der Waals surface area contributed by atoms with Crippen molar-refractivity contribution in [3.8, 4) is 0 Å². The van der Waals surface area contributed by atoms with E-state index >= 15 is 0 Å². The molecule has 0 heterocycles. The van der Waals surface area contributed by atoms with E-state index < -0.39 is 0 Å². The van der Waals surface area contributed by atoms with Gasteiger partial charge in [-0.25, -0.2) is 0 Å². The monoisotopic (exact) mass is 460 g/mol. The van der Waals surface area contributed by atoms with Crippen molar-refractivity contribution in [1.82, 2.24) is 15.5 Å². The second-order valence-electron chi connectivity index (χ2n) is 6.43. The third-order valence-corrected chi connectivity index (χ3v) is 4.50. The highest BCUT2D eigenvalue weighted by Crippen LogP contribution is 2.15. The van der Waals surface area contributed by atoms with Crippen LogP contribution in [0.4, 0.5) is 0 Å². The molecular formula is C20H37IN4. The smallest absolute Gasteiger partial charge is 0.190 e. The standard InChI is InChI=1S/C20H36N4.HI/c1-6-24(7-2)14-9-8-13-22-20(21-5)23-16-18(4)19-12-10-11-17(3)15-19;/h10-12,15,18H,6-9,13-14,16H2,1-5H3,(H2,21,22,23);1H. The number of benzene rings is 1. The van der Waals surface area contributed by atoms with Gasteiger partial charge in [0, 0.05) is 20.1 Å². The van der Waals surface area contributed by atoms with E-state index in [9.17, 15) is 0 Å².